The minimum Gasteiger partial charge on any atom is -0.370 e. The van der Waals surface area contributed by atoms with Gasteiger partial charge in [-0.05, 0) is 44.6 Å². The van der Waals surface area contributed by atoms with Crippen molar-refractivity contribution in [2.75, 3.05) is 31.3 Å². The Balaban J connectivity index is 2.30. The summed E-state index contributed by atoms with van der Waals surface area (Å²) in [5, 5.41) is 3.10. The van der Waals surface area contributed by atoms with Crippen LogP contribution in [0.4, 0.5) is 5.69 Å². The van der Waals surface area contributed by atoms with Gasteiger partial charge < -0.3 is 10.2 Å². The van der Waals surface area contributed by atoms with Crippen molar-refractivity contribution >= 4 is 31.5 Å². The fourth-order valence-electron chi connectivity index (χ4n) is 2.47. The van der Waals surface area contributed by atoms with E-state index in [9.17, 15) is 8.42 Å². The molecular formula is C13H19BrN2O2S. The van der Waals surface area contributed by atoms with Crippen molar-refractivity contribution in [3.8, 4) is 0 Å². The van der Waals surface area contributed by atoms with Gasteiger partial charge in [-0.15, -0.1) is 0 Å². The van der Waals surface area contributed by atoms with E-state index in [1.54, 1.807) is 6.07 Å². The Labute approximate surface area is 123 Å². The molecule has 0 saturated carbocycles. The molecule has 2 rings (SSSR count). The van der Waals surface area contributed by atoms with E-state index >= 15 is 0 Å². The fourth-order valence-corrected chi connectivity index (χ4v) is 4.90. The van der Waals surface area contributed by atoms with E-state index < -0.39 is 9.84 Å². The minimum absolute atomic E-state index is 0.0621. The lowest BCUT2D eigenvalue weighted by Gasteiger charge is -2.35. The van der Waals surface area contributed by atoms with Crippen LogP contribution in [0.3, 0.4) is 0 Å². The molecule has 106 valence electrons. The van der Waals surface area contributed by atoms with E-state index in [-0.39, 0.29) is 11.8 Å². The number of nitrogens with one attached hydrogen (secondary N) is 1. The van der Waals surface area contributed by atoms with Gasteiger partial charge in [-0.25, -0.2) is 8.42 Å². The van der Waals surface area contributed by atoms with Gasteiger partial charge in [0.2, 0.25) is 0 Å². The van der Waals surface area contributed by atoms with Crippen LogP contribution in [0.2, 0.25) is 0 Å². The Morgan fingerprint density at radius 1 is 1.47 bits per heavy atom. The Morgan fingerprint density at radius 3 is 2.89 bits per heavy atom. The van der Waals surface area contributed by atoms with Crippen LogP contribution < -0.4 is 10.2 Å². The summed E-state index contributed by atoms with van der Waals surface area (Å²) in [5.41, 5.74) is 0.809. The van der Waals surface area contributed by atoms with Gasteiger partial charge in [-0.1, -0.05) is 15.9 Å². The van der Waals surface area contributed by atoms with Crippen LogP contribution in [0, 0.1) is 0 Å². The number of hydrogen-bond acceptors (Lipinski definition) is 4. The number of halogens is 1. The highest BCUT2D eigenvalue weighted by atomic mass is 79.9. The number of anilines is 1. The first kappa shape index (κ1) is 14.8. The SMILES string of the molecule is CNCCCC1CS(=O)(=O)c2cc(Br)ccc2N1C. The predicted octanol–water partition coefficient (Wildman–Crippen LogP) is 2.04. The number of rotatable bonds is 4. The normalized spacial score (nSPS) is 21.2. The van der Waals surface area contributed by atoms with Crippen molar-refractivity contribution in [2.24, 2.45) is 0 Å². The monoisotopic (exact) mass is 346 g/mol. The molecule has 1 aromatic carbocycles. The van der Waals surface area contributed by atoms with Crippen LogP contribution in [0.1, 0.15) is 12.8 Å². The van der Waals surface area contributed by atoms with Crippen molar-refractivity contribution < 1.29 is 8.42 Å². The van der Waals surface area contributed by atoms with Crippen LogP contribution >= 0.6 is 15.9 Å². The Kier molecular flexibility index (Phi) is 4.53. The summed E-state index contributed by atoms with van der Waals surface area (Å²) in [6.45, 7) is 0.914. The first-order valence-corrected chi connectivity index (χ1v) is 8.80. The van der Waals surface area contributed by atoms with Crippen LogP contribution in [-0.4, -0.2) is 40.9 Å². The van der Waals surface area contributed by atoms with Crippen LogP contribution in [0.15, 0.2) is 27.6 Å². The average molecular weight is 347 g/mol. The summed E-state index contributed by atoms with van der Waals surface area (Å²) in [6, 6.07) is 5.53. The second-order valence-corrected chi connectivity index (χ2v) is 7.82. The van der Waals surface area contributed by atoms with E-state index in [2.05, 4.69) is 26.1 Å². The van der Waals surface area contributed by atoms with Gasteiger partial charge in [0.25, 0.3) is 0 Å². The third-order valence-corrected chi connectivity index (χ3v) is 5.87. The van der Waals surface area contributed by atoms with Gasteiger partial charge >= 0.3 is 0 Å². The maximum Gasteiger partial charge on any atom is 0.182 e. The topological polar surface area (TPSA) is 49.4 Å². The molecule has 1 aromatic rings. The molecule has 0 saturated heterocycles. The third kappa shape index (κ3) is 3.12. The molecule has 0 radical (unpaired) electrons. The molecule has 0 aromatic heterocycles. The first-order valence-electron chi connectivity index (χ1n) is 6.35. The standard InChI is InChI=1S/C13H19BrN2O2S/c1-15-7-3-4-11-9-19(17,18)13-8-10(14)5-6-12(13)16(11)2/h5-6,8,11,15H,3-4,7,9H2,1-2H3. The number of fused-ring (bicyclic) bond motifs is 1. The minimum atomic E-state index is -3.18. The molecule has 19 heavy (non-hydrogen) atoms. The lowest BCUT2D eigenvalue weighted by molar-refractivity contribution is 0.541. The molecule has 0 bridgehead atoms. The quantitative estimate of drug-likeness (QED) is 0.847. The lowest BCUT2D eigenvalue weighted by Crippen LogP contribution is -2.42. The smallest absolute Gasteiger partial charge is 0.182 e. The third-order valence-electron chi connectivity index (χ3n) is 3.56. The zero-order valence-corrected chi connectivity index (χ0v) is 13.6. The molecular weight excluding hydrogens is 328 g/mol. The molecule has 1 aliphatic heterocycles. The number of hydrogen-bond donors (Lipinski definition) is 1. The van der Waals surface area contributed by atoms with Crippen molar-refractivity contribution in [1.29, 1.82) is 0 Å². The van der Waals surface area contributed by atoms with Crippen LogP contribution in [0.25, 0.3) is 0 Å². The molecule has 1 heterocycles. The van der Waals surface area contributed by atoms with E-state index in [0.29, 0.717) is 4.90 Å². The number of sulfone groups is 1. The largest absolute Gasteiger partial charge is 0.370 e. The molecule has 0 aliphatic carbocycles. The van der Waals surface area contributed by atoms with Crippen LogP contribution in [-0.2, 0) is 9.84 Å². The van der Waals surface area contributed by atoms with Gasteiger partial charge in [0.1, 0.15) is 0 Å². The Morgan fingerprint density at radius 2 is 2.21 bits per heavy atom. The highest BCUT2D eigenvalue weighted by Gasteiger charge is 2.33. The van der Waals surface area contributed by atoms with E-state index in [4.69, 9.17) is 0 Å². The van der Waals surface area contributed by atoms with E-state index in [1.165, 1.54) is 0 Å². The molecule has 1 atom stereocenters. The molecule has 1 unspecified atom stereocenters. The predicted molar refractivity (Wildman–Crippen MR) is 81.5 cm³/mol. The van der Waals surface area contributed by atoms with Crippen molar-refractivity contribution in [3.63, 3.8) is 0 Å². The van der Waals surface area contributed by atoms with Gasteiger partial charge in [0, 0.05) is 17.6 Å². The summed E-state index contributed by atoms with van der Waals surface area (Å²) in [4.78, 5) is 2.53. The van der Waals surface area contributed by atoms with E-state index in [0.717, 1.165) is 29.5 Å². The van der Waals surface area contributed by atoms with Crippen molar-refractivity contribution in [3.05, 3.63) is 22.7 Å². The summed E-state index contributed by atoms with van der Waals surface area (Å²) in [7, 11) is 0.713. The highest BCUT2D eigenvalue weighted by molar-refractivity contribution is 9.10. The van der Waals surface area contributed by atoms with Gasteiger partial charge in [-0.3, -0.25) is 0 Å². The second kappa shape index (κ2) is 5.81. The average Bonchev–Trinajstić information content (AvgIpc) is 2.35. The van der Waals surface area contributed by atoms with Crippen molar-refractivity contribution in [1.82, 2.24) is 5.32 Å². The summed E-state index contributed by atoms with van der Waals surface area (Å²) in [6.07, 6.45) is 1.86. The molecule has 1 aliphatic rings. The molecule has 4 nitrogen and oxygen atoms in total. The van der Waals surface area contributed by atoms with E-state index in [1.807, 2.05) is 26.2 Å². The Hall–Kier alpha value is -0.590. The summed E-state index contributed by atoms with van der Waals surface area (Å²) >= 11 is 3.34. The Bertz CT molecular complexity index is 560. The molecule has 0 spiro atoms. The zero-order valence-electron chi connectivity index (χ0n) is 11.2. The fraction of sp³-hybridized carbons (Fsp3) is 0.538. The highest BCUT2D eigenvalue weighted by Crippen LogP contribution is 2.35. The zero-order chi connectivity index (χ0) is 14.0. The van der Waals surface area contributed by atoms with Gasteiger partial charge in [0.05, 0.1) is 16.3 Å². The summed E-state index contributed by atoms with van der Waals surface area (Å²) < 4.78 is 25.5. The number of nitrogens with zero attached hydrogens (tertiary/aromatic N) is 1. The maximum atomic E-state index is 12.4. The molecule has 1 N–H and O–H groups in total. The van der Waals surface area contributed by atoms with Crippen LogP contribution in [0.5, 0.6) is 0 Å². The maximum absolute atomic E-state index is 12.4. The molecule has 6 heteroatoms. The second-order valence-electron chi connectivity index (χ2n) is 4.90. The van der Waals surface area contributed by atoms with Gasteiger partial charge in [0.15, 0.2) is 9.84 Å². The molecule has 0 amide bonds. The first-order chi connectivity index (χ1) is 8.95. The molecule has 0 fully saturated rings. The number of benzene rings is 1. The van der Waals surface area contributed by atoms with Crippen molar-refractivity contribution in [2.45, 2.75) is 23.8 Å². The summed E-state index contributed by atoms with van der Waals surface area (Å²) in [5.74, 6) is 0.205. The van der Waals surface area contributed by atoms with Gasteiger partial charge in [-0.2, -0.15) is 0 Å². The lowest BCUT2D eigenvalue weighted by atomic mass is 10.1.